The molecule has 0 amide bonds. The number of hydrogen-bond acceptors (Lipinski definition) is 4. The molecular formula is C15H14N2O4. The molecule has 21 heavy (non-hydrogen) atoms. The minimum atomic E-state index is -1.85. The first-order chi connectivity index (χ1) is 9.95. The second-order valence-corrected chi connectivity index (χ2v) is 4.68. The van der Waals surface area contributed by atoms with Gasteiger partial charge >= 0.3 is 12.0 Å². The minimum Gasteiger partial charge on any atom is -0.476 e. The molecular weight excluding hydrogens is 272 g/mol. The molecule has 0 saturated carbocycles. The lowest BCUT2D eigenvalue weighted by molar-refractivity contribution is -0.516. The SMILES string of the molecule is C=CCc1c(C)ccc2nc(C(C(=O)O)[N+](=O)[O-])ccc12. The van der Waals surface area contributed by atoms with Gasteiger partial charge in [0.15, 0.2) is 0 Å². The molecule has 0 radical (unpaired) electrons. The van der Waals surface area contributed by atoms with Gasteiger partial charge in [0.25, 0.3) is 0 Å². The molecule has 1 unspecified atom stereocenters. The Bertz CT molecular complexity index is 726. The number of fused-ring (bicyclic) bond motifs is 1. The molecule has 1 aromatic carbocycles. The van der Waals surface area contributed by atoms with Gasteiger partial charge in [-0.15, -0.1) is 6.58 Å². The molecule has 1 aromatic heterocycles. The van der Waals surface area contributed by atoms with E-state index in [2.05, 4.69) is 11.6 Å². The predicted molar refractivity (Wildman–Crippen MR) is 77.8 cm³/mol. The maximum Gasteiger partial charge on any atom is 0.385 e. The Morgan fingerprint density at radius 2 is 2.19 bits per heavy atom. The second kappa shape index (κ2) is 5.70. The van der Waals surface area contributed by atoms with E-state index >= 15 is 0 Å². The molecule has 1 heterocycles. The Morgan fingerprint density at radius 1 is 1.48 bits per heavy atom. The first-order valence-electron chi connectivity index (χ1n) is 6.32. The number of hydrogen-bond donors (Lipinski definition) is 1. The number of benzene rings is 1. The number of allylic oxidation sites excluding steroid dienone is 1. The zero-order valence-corrected chi connectivity index (χ0v) is 11.4. The van der Waals surface area contributed by atoms with E-state index < -0.39 is 16.9 Å². The van der Waals surface area contributed by atoms with E-state index in [0.717, 1.165) is 16.5 Å². The monoisotopic (exact) mass is 286 g/mol. The molecule has 0 spiro atoms. The highest BCUT2D eigenvalue weighted by molar-refractivity contribution is 5.84. The Balaban J connectivity index is 2.62. The van der Waals surface area contributed by atoms with E-state index in [4.69, 9.17) is 5.11 Å². The van der Waals surface area contributed by atoms with Gasteiger partial charge < -0.3 is 5.11 Å². The van der Waals surface area contributed by atoms with Crippen LogP contribution >= 0.6 is 0 Å². The van der Waals surface area contributed by atoms with Crippen molar-refractivity contribution in [1.29, 1.82) is 0 Å². The van der Waals surface area contributed by atoms with Crippen LogP contribution in [0.1, 0.15) is 22.9 Å². The number of carboxylic acids is 1. The van der Waals surface area contributed by atoms with Gasteiger partial charge in [-0.1, -0.05) is 18.2 Å². The van der Waals surface area contributed by atoms with Gasteiger partial charge in [-0.25, -0.2) is 9.78 Å². The number of aromatic nitrogens is 1. The molecule has 0 aliphatic rings. The number of carbonyl (C=O) groups is 1. The van der Waals surface area contributed by atoms with Crippen LogP contribution in [0.25, 0.3) is 10.9 Å². The predicted octanol–water partition coefficient (Wildman–Crippen LogP) is 2.67. The quantitative estimate of drug-likeness (QED) is 0.518. The minimum absolute atomic E-state index is 0.0755. The lowest BCUT2D eigenvalue weighted by Crippen LogP contribution is -2.21. The van der Waals surface area contributed by atoms with Crippen molar-refractivity contribution in [3.8, 4) is 0 Å². The zero-order chi connectivity index (χ0) is 15.6. The van der Waals surface area contributed by atoms with Crippen LogP contribution < -0.4 is 0 Å². The van der Waals surface area contributed by atoms with Crippen LogP contribution in [0.2, 0.25) is 0 Å². The van der Waals surface area contributed by atoms with Crippen molar-refractivity contribution < 1.29 is 14.8 Å². The Kier molecular flexibility index (Phi) is 3.98. The van der Waals surface area contributed by atoms with Gasteiger partial charge in [0.05, 0.1) is 5.52 Å². The molecule has 1 atom stereocenters. The number of rotatable bonds is 5. The summed E-state index contributed by atoms with van der Waals surface area (Å²) in [7, 11) is 0. The van der Waals surface area contributed by atoms with Crippen LogP contribution in [0.5, 0.6) is 0 Å². The number of nitro groups is 1. The second-order valence-electron chi connectivity index (χ2n) is 4.68. The fourth-order valence-electron chi connectivity index (χ4n) is 2.28. The molecule has 6 heteroatoms. The van der Waals surface area contributed by atoms with Crippen LogP contribution in [-0.4, -0.2) is 21.0 Å². The van der Waals surface area contributed by atoms with Crippen LogP contribution in [0, 0.1) is 17.0 Å². The van der Waals surface area contributed by atoms with Gasteiger partial charge in [-0.3, -0.25) is 10.1 Å². The highest BCUT2D eigenvalue weighted by Crippen LogP contribution is 2.24. The summed E-state index contributed by atoms with van der Waals surface area (Å²) in [5.41, 5.74) is 2.58. The first kappa shape index (κ1) is 14.6. The summed E-state index contributed by atoms with van der Waals surface area (Å²) in [5, 5.41) is 20.7. The van der Waals surface area contributed by atoms with Crippen molar-refractivity contribution in [1.82, 2.24) is 4.98 Å². The van der Waals surface area contributed by atoms with Crippen molar-refractivity contribution >= 4 is 16.9 Å². The average Bonchev–Trinajstić information content (AvgIpc) is 2.41. The average molecular weight is 286 g/mol. The lowest BCUT2D eigenvalue weighted by Gasteiger charge is -2.10. The van der Waals surface area contributed by atoms with E-state index in [1.165, 1.54) is 6.07 Å². The van der Waals surface area contributed by atoms with Crippen molar-refractivity contribution in [3.05, 3.63) is 63.9 Å². The standard InChI is InChI=1S/C15H14N2O4/c1-3-4-10-9(2)5-7-12-11(10)6-8-13(16-12)14(15(18)19)17(20)21/h3,5-8,14H,1,4H2,2H3,(H,18,19). The third-order valence-corrected chi connectivity index (χ3v) is 3.31. The lowest BCUT2D eigenvalue weighted by atomic mass is 9.99. The maximum atomic E-state index is 11.0. The zero-order valence-electron chi connectivity index (χ0n) is 11.4. The summed E-state index contributed by atoms with van der Waals surface area (Å²) in [6, 6.07) is 4.83. The van der Waals surface area contributed by atoms with E-state index in [1.54, 1.807) is 18.2 Å². The van der Waals surface area contributed by atoms with Crippen molar-refractivity contribution in [2.75, 3.05) is 0 Å². The summed E-state index contributed by atoms with van der Waals surface area (Å²) < 4.78 is 0. The van der Waals surface area contributed by atoms with Crippen molar-refractivity contribution in [3.63, 3.8) is 0 Å². The Labute approximate surface area is 120 Å². The summed E-state index contributed by atoms with van der Waals surface area (Å²) in [4.78, 5) is 25.2. The van der Waals surface area contributed by atoms with Gasteiger partial charge in [-0.2, -0.15) is 0 Å². The van der Waals surface area contributed by atoms with Crippen LogP contribution in [0.4, 0.5) is 0 Å². The molecule has 0 bridgehead atoms. The van der Waals surface area contributed by atoms with E-state index in [9.17, 15) is 14.9 Å². The molecule has 2 rings (SSSR count). The molecule has 0 saturated heterocycles. The molecule has 0 aliphatic heterocycles. The number of aryl methyl sites for hydroxylation is 1. The largest absolute Gasteiger partial charge is 0.476 e. The van der Waals surface area contributed by atoms with Crippen LogP contribution in [0.3, 0.4) is 0 Å². The van der Waals surface area contributed by atoms with Crippen LogP contribution in [-0.2, 0) is 11.2 Å². The molecule has 6 nitrogen and oxygen atoms in total. The summed E-state index contributed by atoms with van der Waals surface area (Å²) >= 11 is 0. The van der Waals surface area contributed by atoms with Gasteiger partial charge in [0.1, 0.15) is 5.69 Å². The Hall–Kier alpha value is -2.76. The van der Waals surface area contributed by atoms with E-state index in [1.807, 2.05) is 13.0 Å². The molecule has 1 N–H and O–H groups in total. The smallest absolute Gasteiger partial charge is 0.385 e. The van der Waals surface area contributed by atoms with E-state index in [-0.39, 0.29) is 5.69 Å². The topological polar surface area (TPSA) is 93.3 Å². The van der Waals surface area contributed by atoms with Gasteiger partial charge in [0, 0.05) is 10.3 Å². The van der Waals surface area contributed by atoms with Crippen LogP contribution in [0.15, 0.2) is 36.9 Å². The first-order valence-corrected chi connectivity index (χ1v) is 6.32. The van der Waals surface area contributed by atoms with Gasteiger partial charge in [0.2, 0.25) is 0 Å². The fourth-order valence-corrected chi connectivity index (χ4v) is 2.28. The fraction of sp³-hybridized carbons (Fsp3) is 0.200. The third kappa shape index (κ3) is 2.74. The van der Waals surface area contributed by atoms with Crippen molar-refractivity contribution in [2.24, 2.45) is 0 Å². The number of aliphatic carboxylic acids is 1. The summed E-state index contributed by atoms with van der Waals surface area (Å²) in [6.07, 6.45) is 2.43. The number of carboxylic acid groups (broad SMARTS) is 1. The highest BCUT2D eigenvalue weighted by atomic mass is 16.6. The maximum absolute atomic E-state index is 11.0. The molecule has 0 aliphatic carbocycles. The third-order valence-electron chi connectivity index (χ3n) is 3.31. The summed E-state index contributed by atoms with van der Waals surface area (Å²) in [6.45, 7) is 5.67. The highest BCUT2D eigenvalue weighted by Gasteiger charge is 2.33. The van der Waals surface area contributed by atoms with Gasteiger partial charge in [-0.05, 0) is 36.6 Å². The van der Waals surface area contributed by atoms with E-state index in [0.29, 0.717) is 11.9 Å². The number of pyridine rings is 1. The van der Waals surface area contributed by atoms with Crippen molar-refractivity contribution in [2.45, 2.75) is 19.4 Å². The normalized spacial score (nSPS) is 12.0. The summed E-state index contributed by atoms with van der Waals surface area (Å²) in [5.74, 6) is -1.52. The number of nitrogens with zero attached hydrogens (tertiary/aromatic N) is 2. The molecule has 2 aromatic rings. The molecule has 0 fully saturated rings. The molecule has 108 valence electrons. The Morgan fingerprint density at radius 3 is 2.76 bits per heavy atom.